The number of sulfone groups is 1. The van der Waals surface area contributed by atoms with Crippen molar-refractivity contribution in [3.05, 3.63) is 46.7 Å². The highest BCUT2D eigenvalue weighted by Crippen LogP contribution is 2.34. The monoisotopic (exact) mass is 476 g/mol. The fraction of sp³-hybridized carbons (Fsp3) is 0.474. The summed E-state index contributed by atoms with van der Waals surface area (Å²) in [4.78, 5) is 16.3. The van der Waals surface area contributed by atoms with Crippen molar-refractivity contribution >= 4 is 27.3 Å². The molecule has 0 saturated carbocycles. The van der Waals surface area contributed by atoms with E-state index in [1.807, 2.05) is 4.90 Å². The molecule has 0 radical (unpaired) electrons. The van der Waals surface area contributed by atoms with Crippen molar-refractivity contribution in [1.29, 1.82) is 0 Å². The van der Waals surface area contributed by atoms with E-state index in [-0.39, 0.29) is 41.3 Å². The number of nitrogens with zero attached hydrogens (tertiary/aromatic N) is 4. The number of halogens is 4. The van der Waals surface area contributed by atoms with Crippen molar-refractivity contribution in [2.75, 3.05) is 37.7 Å². The highest BCUT2D eigenvalue weighted by Gasteiger charge is 2.42. The van der Waals surface area contributed by atoms with Gasteiger partial charge in [0, 0.05) is 37.2 Å². The van der Waals surface area contributed by atoms with Crippen LogP contribution in [0.1, 0.15) is 22.5 Å². The lowest BCUT2D eigenvalue weighted by Crippen LogP contribution is -2.52. The molecule has 2 aromatic rings. The van der Waals surface area contributed by atoms with Crippen molar-refractivity contribution in [1.82, 2.24) is 19.6 Å². The van der Waals surface area contributed by atoms with Crippen LogP contribution in [0.4, 0.5) is 13.2 Å². The van der Waals surface area contributed by atoms with E-state index in [1.165, 1.54) is 29.2 Å². The number of rotatable bonds is 3. The van der Waals surface area contributed by atoms with Gasteiger partial charge in [-0.3, -0.25) is 9.69 Å². The van der Waals surface area contributed by atoms with Gasteiger partial charge in [0.1, 0.15) is 0 Å². The first-order chi connectivity index (χ1) is 14.5. The van der Waals surface area contributed by atoms with E-state index in [4.69, 9.17) is 11.6 Å². The number of carbonyl (C=O) groups is 1. The summed E-state index contributed by atoms with van der Waals surface area (Å²) in [5.74, 6) is -0.515. The molecule has 31 heavy (non-hydrogen) atoms. The van der Waals surface area contributed by atoms with E-state index in [0.29, 0.717) is 24.2 Å². The summed E-state index contributed by atoms with van der Waals surface area (Å²) in [6, 6.07) is 5.70. The number of hydrogen-bond donors (Lipinski definition) is 0. The normalized spacial score (nSPS) is 22.1. The zero-order valence-corrected chi connectivity index (χ0v) is 17.9. The van der Waals surface area contributed by atoms with Crippen LogP contribution in [-0.4, -0.2) is 77.6 Å². The minimum atomic E-state index is -4.80. The van der Waals surface area contributed by atoms with E-state index >= 15 is 0 Å². The van der Waals surface area contributed by atoms with Gasteiger partial charge in [-0.25, -0.2) is 13.1 Å². The highest BCUT2D eigenvalue weighted by molar-refractivity contribution is 7.91. The van der Waals surface area contributed by atoms with Crippen LogP contribution in [0.3, 0.4) is 0 Å². The predicted octanol–water partition coefficient (Wildman–Crippen LogP) is 2.49. The summed E-state index contributed by atoms with van der Waals surface area (Å²) in [7, 11) is -3.03. The standard InChI is InChI=1S/C19H20ClF3N4O3S/c20-13-2-1-3-14(10-13)27-17(19(21,22)23)16(11-24-27)18(28)26-7-5-25(6-8-26)15-4-9-31(29,30)12-15/h1-3,10-11,15H,4-9,12H2. The average Bonchev–Trinajstić information content (AvgIpc) is 3.31. The Balaban J connectivity index is 1.54. The molecule has 7 nitrogen and oxygen atoms in total. The molecule has 4 rings (SSSR count). The number of aromatic nitrogens is 2. The molecule has 2 fully saturated rings. The van der Waals surface area contributed by atoms with E-state index in [1.54, 1.807) is 0 Å². The molecule has 168 valence electrons. The van der Waals surface area contributed by atoms with Crippen LogP contribution in [0.15, 0.2) is 30.5 Å². The Morgan fingerprint density at radius 2 is 1.87 bits per heavy atom. The fourth-order valence-corrected chi connectivity index (χ4v) is 6.05. The first-order valence-corrected chi connectivity index (χ1v) is 11.9. The molecule has 2 saturated heterocycles. The number of amides is 1. The first-order valence-electron chi connectivity index (χ1n) is 9.70. The van der Waals surface area contributed by atoms with Crippen molar-refractivity contribution in [2.45, 2.75) is 18.6 Å². The second-order valence-corrected chi connectivity index (χ2v) is 10.3. The molecule has 0 N–H and O–H groups in total. The number of carbonyl (C=O) groups excluding carboxylic acids is 1. The number of alkyl halides is 3. The molecule has 3 heterocycles. The minimum Gasteiger partial charge on any atom is -0.336 e. The number of piperazine rings is 1. The second-order valence-electron chi connectivity index (χ2n) is 7.68. The summed E-state index contributed by atoms with van der Waals surface area (Å²) in [6.07, 6.45) is -3.33. The Hall–Kier alpha value is -2.11. The SMILES string of the molecule is O=C(c1cnn(-c2cccc(Cl)c2)c1C(F)(F)F)N1CCN(C2CCS(=O)(=O)C2)CC1. The molecule has 1 aromatic carbocycles. The Kier molecular flexibility index (Phi) is 5.78. The Morgan fingerprint density at radius 3 is 2.45 bits per heavy atom. The lowest BCUT2D eigenvalue weighted by atomic mass is 10.1. The van der Waals surface area contributed by atoms with Crippen molar-refractivity contribution in [2.24, 2.45) is 0 Å². The van der Waals surface area contributed by atoms with Crippen molar-refractivity contribution in [3.8, 4) is 5.69 Å². The smallest absolute Gasteiger partial charge is 0.336 e. The van der Waals surface area contributed by atoms with Crippen LogP contribution < -0.4 is 0 Å². The van der Waals surface area contributed by atoms with Crippen LogP contribution in [0.25, 0.3) is 5.69 Å². The molecular weight excluding hydrogens is 457 g/mol. The molecule has 12 heteroatoms. The maximum atomic E-state index is 13.9. The van der Waals surface area contributed by atoms with Gasteiger partial charge >= 0.3 is 6.18 Å². The Morgan fingerprint density at radius 1 is 1.16 bits per heavy atom. The molecule has 1 atom stereocenters. The van der Waals surface area contributed by atoms with Crippen LogP contribution in [-0.2, 0) is 16.0 Å². The number of benzene rings is 1. The van der Waals surface area contributed by atoms with Crippen molar-refractivity contribution in [3.63, 3.8) is 0 Å². The molecule has 0 bridgehead atoms. The summed E-state index contributed by atoms with van der Waals surface area (Å²) >= 11 is 5.90. The maximum Gasteiger partial charge on any atom is 0.434 e. The van der Waals surface area contributed by atoms with Gasteiger partial charge in [-0.05, 0) is 24.6 Å². The quantitative estimate of drug-likeness (QED) is 0.680. The van der Waals surface area contributed by atoms with Crippen molar-refractivity contribution < 1.29 is 26.4 Å². The molecule has 0 aliphatic carbocycles. The summed E-state index contributed by atoms with van der Waals surface area (Å²) in [6.45, 7) is 1.26. The molecule has 1 amide bonds. The second kappa shape index (κ2) is 8.10. The van der Waals surface area contributed by atoms with Gasteiger partial charge in [0.2, 0.25) is 0 Å². The molecule has 1 aromatic heterocycles. The van der Waals surface area contributed by atoms with E-state index in [2.05, 4.69) is 5.10 Å². The fourth-order valence-electron chi connectivity index (χ4n) is 4.11. The molecule has 1 unspecified atom stereocenters. The Labute approximate surface area is 182 Å². The highest BCUT2D eigenvalue weighted by atomic mass is 35.5. The molecule has 2 aliphatic rings. The minimum absolute atomic E-state index is 0.0889. The summed E-state index contributed by atoms with van der Waals surface area (Å²) < 4.78 is 65.7. The van der Waals surface area contributed by atoms with Gasteiger partial charge < -0.3 is 4.90 Å². The predicted molar refractivity (Wildman–Crippen MR) is 108 cm³/mol. The zero-order valence-electron chi connectivity index (χ0n) is 16.3. The van der Waals surface area contributed by atoms with E-state index in [0.717, 1.165) is 6.20 Å². The molecule has 0 spiro atoms. The number of hydrogen-bond acceptors (Lipinski definition) is 5. The lowest BCUT2D eigenvalue weighted by molar-refractivity contribution is -0.143. The van der Waals surface area contributed by atoms with E-state index in [9.17, 15) is 26.4 Å². The van der Waals surface area contributed by atoms with Gasteiger partial charge in [-0.15, -0.1) is 0 Å². The lowest BCUT2D eigenvalue weighted by Gasteiger charge is -2.37. The average molecular weight is 477 g/mol. The summed E-state index contributed by atoms with van der Waals surface area (Å²) in [5.41, 5.74) is -1.57. The topological polar surface area (TPSA) is 75.5 Å². The summed E-state index contributed by atoms with van der Waals surface area (Å²) in [5, 5.41) is 4.07. The van der Waals surface area contributed by atoms with Gasteiger partial charge in [-0.2, -0.15) is 18.3 Å². The van der Waals surface area contributed by atoms with Crippen LogP contribution in [0.5, 0.6) is 0 Å². The third kappa shape index (κ3) is 4.58. The van der Waals surface area contributed by atoms with Crippen LogP contribution in [0, 0.1) is 0 Å². The van der Waals surface area contributed by atoms with Gasteiger partial charge in [0.15, 0.2) is 15.5 Å². The van der Waals surface area contributed by atoms with Crippen LogP contribution >= 0.6 is 11.6 Å². The Bertz CT molecular complexity index is 1100. The zero-order chi connectivity index (χ0) is 22.4. The van der Waals surface area contributed by atoms with Gasteiger partial charge in [0.05, 0.1) is 29.0 Å². The molecule has 2 aliphatic heterocycles. The third-order valence-corrected chi connectivity index (χ3v) is 7.63. The van der Waals surface area contributed by atoms with Crippen LogP contribution in [0.2, 0.25) is 5.02 Å². The third-order valence-electron chi connectivity index (χ3n) is 5.65. The first kappa shape index (κ1) is 22.1. The van der Waals surface area contributed by atoms with Gasteiger partial charge in [-0.1, -0.05) is 17.7 Å². The van der Waals surface area contributed by atoms with Gasteiger partial charge in [0.25, 0.3) is 5.91 Å². The van der Waals surface area contributed by atoms with E-state index < -0.39 is 33.2 Å². The largest absolute Gasteiger partial charge is 0.434 e. The molecular formula is C19H20ClF3N4O3S. The maximum absolute atomic E-state index is 13.9.